The van der Waals surface area contributed by atoms with Crippen LogP contribution in [0.15, 0.2) is 36.5 Å². The average molecular weight is 498 g/mol. The van der Waals surface area contributed by atoms with Gasteiger partial charge in [0.2, 0.25) is 0 Å². The second-order valence-corrected chi connectivity index (χ2v) is 7.90. The van der Waals surface area contributed by atoms with Crippen LogP contribution in [0.2, 0.25) is 0 Å². The number of amides is 2. The molecule has 3 rings (SSSR count). The summed E-state index contributed by atoms with van der Waals surface area (Å²) < 4.78 is 14.7. The molecule has 2 aromatic rings. The maximum absolute atomic E-state index is 13.7. The van der Waals surface area contributed by atoms with Crippen LogP contribution in [-0.2, 0) is 0 Å². The molecular formula is C19H20FIN4O3. The summed E-state index contributed by atoms with van der Waals surface area (Å²) in [5.41, 5.74) is 0.880. The van der Waals surface area contributed by atoms with Crippen molar-refractivity contribution in [1.82, 2.24) is 15.6 Å². The number of carbonyl (C=O) groups excluding carboxylic acids is 1. The summed E-state index contributed by atoms with van der Waals surface area (Å²) in [6, 6.07) is 8.52. The first-order chi connectivity index (χ1) is 13.4. The molecule has 1 aliphatic rings. The number of aromatic nitrogens is 1. The molecule has 1 heterocycles. The van der Waals surface area contributed by atoms with Crippen LogP contribution < -0.4 is 16.0 Å². The van der Waals surface area contributed by atoms with Crippen molar-refractivity contribution in [2.24, 2.45) is 0 Å². The van der Waals surface area contributed by atoms with Gasteiger partial charge in [-0.15, -0.1) is 0 Å². The van der Waals surface area contributed by atoms with Gasteiger partial charge < -0.3 is 21.1 Å². The van der Waals surface area contributed by atoms with Gasteiger partial charge in [-0.2, -0.15) is 0 Å². The molecule has 148 valence electrons. The van der Waals surface area contributed by atoms with Crippen molar-refractivity contribution in [2.75, 3.05) is 5.32 Å². The first-order valence-corrected chi connectivity index (χ1v) is 9.97. The molecular weight excluding hydrogens is 478 g/mol. The van der Waals surface area contributed by atoms with Crippen molar-refractivity contribution < 1.29 is 19.1 Å². The minimum absolute atomic E-state index is 0.0897. The monoisotopic (exact) mass is 498 g/mol. The zero-order valence-corrected chi connectivity index (χ0v) is 17.1. The Balaban J connectivity index is 1.68. The van der Waals surface area contributed by atoms with Gasteiger partial charge in [-0.3, -0.25) is 4.79 Å². The molecule has 2 amide bonds. The van der Waals surface area contributed by atoms with Gasteiger partial charge in [-0.25, -0.2) is 14.2 Å². The Morgan fingerprint density at radius 3 is 2.43 bits per heavy atom. The molecule has 0 saturated heterocycles. The van der Waals surface area contributed by atoms with Crippen LogP contribution in [0, 0.1) is 9.39 Å². The van der Waals surface area contributed by atoms with Crippen molar-refractivity contribution in [3.8, 4) is 0 Å². The van der Waals surface area contributed by atoms with E-state index in [1.54, 1.807) is 0 Å². The van der Waals surface area contributed by atoms with Gasteiger partial charge in [0, 0.05) is 21.3 Å². The van der Waals surface area contributed by atoms with Crippen LogP contribution in [0.1, 0.15) is 36.0 Å². The van der Waals surface area contributed by atoms with Crippen molar-refractivity contribution >= 4 is 46.1 Å². The first-order valence-electron chi connectivity index (χ1n) is 8.89. The number of anilines is 2. The molecule has 9 heteroatoms. The second kappa shape index (κ2) is 9.18. The average Bonchev–Trinajstić information content (AvgIpc) is 2.64. The number of nitrogens with one attached hydrogen (secondary N) is 3. The molecule has 1 aromatic carbocycles. The highest BCUT2D eigenvalue weighted by Gasteiger charge is 2.25. The fourth-order valence-corrected chi connectivity index (χ4v) is 3.78. The van der Waals surface area contributed by atoms with E-state index in [0.29, 0.717) is 25.7 Å². The van der Waals surface area contributed by atoms with Gasteiger partial charge in [0.1, 0.15) is 11.6 Å². The minimum atomic E-state index is -1.04. The van der Waals surface area contributed by atoms with Gasteiger partial charge in [0.15, 0.2) is 0 Å². The van der Waals surface area contributed by atoms with E-state index in [0.717, 1.165) is 21.5 Å². The lowest BCUT2D eigenvalue weighted by Crippen LogP contribution is -2.43. The van der Waals surface area contributed by atoms with Gasteiger partial charge in [0.25, 0.3) is 5.91 Å². The van der Waals surface area contributed by atoms with Crippen LogP contribution in [0.4, 0.5) is 20.7 Å². The van der Waals surface area contributed by atoms with Crippen molar-refractivity contribution in [2.45, 2.75) is 37.8 Å². The highest BCUT2D eigenvalue weighted by Crippen LogP contribution is 2.23. The molecule has 0 aliphatic heterocycles. The maximum atomic E-state index is 13.7. The molecule has 0 bridgehead atoms. The van der Waals surface area contributed by atoms with Crippen LogP contribution in [0.5, 0.6) is 0 Å². The van der Waals surface area contributed by atoms with Crippen LogP contribution in [0.3, 0.4) is 0 Å². The predicted octanol–water partition coefficient (Wildman–Crippen LogP) is 3.88. The molecule has 1 saturated carbocycles. The summed E-state index contributed by atoms with van der Waals surface area (Å²) in [4.78, 5) is 27.5. The number of carboxylic acid groups (broad SMARTS) is 1. The summed E-state index contributed by atoms with van der Waals surface area (Å²) in [6.07, 6.45) is 2.62. The molecule has 1 aromatic heterocycles. The second-order valence-electron chi connectivity index (χ2n) is 6.66. The number of halogens is 2. The maximum Gasteiger partial charge on any atom is 0.404 e. The fraction of sp³-hybridized carbons (Fsp3) is 0.316. The van der Waals surface area contributed by atoms with Crippen molar-refractivity contribution in [3.05, 3.63) is 51.5 Å². The summed E-state index contributed by atoms with van der Waals surface area (Å²) in [5.74, 6) is -0.718. The molecule has 1 fully saturated rings. The van der Waals surface area contributed by atoms with E-state index in [4.69, 9.17) is 5.11 Å². The smallest absolute Gasteiger partial charge is 0.404 e. The van der Waals surface area contributed by atoms with Crippen LogP contribution in [0.25, 0.3) is 0 Å². The lowest BCUT2D eigenvalue weighted by atomic mass is 9.91. The van der Waals surface area contributed by atoms with E-state index in [9.17, 15) is 14.0 Å². The number of pyridine rings is 1. The number of hydrogen-bond donors (Lipinski definition) is 4. The fourth-order valence-electron chi connectivity index (χ4n) is 3.23. The summed E-state index contributed by atoms with van der Waals surface area (Å²) in [5, 5.41) is 17.2. The van der Waals surface area contributed by atoms with E-state index in [2.05, 4.69) is 43.5 Å². The zero-order chi connectivity index (χ0) is 20.1. The number of nitrogens with zero attached hydrogens (tertiary/aromatic N) is 1. The standard InChI is InChI=1S/C19H20FIN4O3/c20-11-8-16(17(22-10-11)23-15-3-1-2-12(21)9-15)18(26)24-13-4-6-14(7-5-13)25-19(27)28/h1-3,8-10,13-14,25H,4-7H2,(H,22,23)(H,24,26)(H,27,28)/t13-,14+. The van der Waals surface area contributed by atoms with E-state index < -0.39 is 17.8 Å². The largest absolute Gasteiger partial charge is 0.465 e. The molecule has 0 atom stereocenters. The van der Waals surface area contributed by atoms with Gasteiger partial charge in [-0.1, -0.05) is 6.07 Å². The van der Waals surface area contributed by atoms with Crippen LogP contribution >= 0.6 is 22.6 Å². The first kappa shape index (κ1) is 20.3. The summed E-state index contributed by atoms with van der Waals surface area (Å²) in [7, 11) is 0. The van der Waals surface area contributed by atoms with E-state index >= 15 is 0 Å². The Hall–Kier alpha value is -2.43. The van der Waals surface area contributed by atoms with E-state index in [-0.39, 0.29) is 23.5 Å². The third kappa shape index (κ3) is 5.54. The highest BCUT2D eigenvalue weighted by molar-refractivity contribution is 14.1. The Morgan fingerprint density at radius 2 is 1.79 bits per heavy atom. The van der Waals surface area contributed by atoms with Gasteiger partial charge in [-0.05, 0) is 72.5 Å². The number of hydrogen-bond acceptors (Lipinski definition) is 4. The third-order valence-electron chi connectivity index (χ3n) is 4.58. The minimum Gasteiger partial charge on any atom is -0.465 e. The number of benzene rings is 1. The van der Waals surface area contributed by atoms with E-state index in [1.807, 2.05) is 24.3 Å². The summed E-state index contributed by atoms with van der Waals surface area (Å²) in [6.45, 7) is 0. The topological polar surface area (TPSA) is 103 Å². The molecule has 0 spiro atoms. The lowest BCUT2D eigenvalue weighted by Gasteiger charge is -2.29. The van der Waals surface area contributed by atoms with Crippen molar-refractivity contribution in [1.29, 1.82) is 0 Å². The zero-order valence-electron chi connectivity index (χ0n) is 14.9. The number of rotatable bonds is 5. The Labute approximate surface area is 175 Å². The van der Waals surface area contributed by atoms with Crippen LogP contribution in [-0.4, -0.2) is 34.2 Å². The Kier molecular flexibility index (Phi) is 6.65. The van der Waals surface area contributed by atoms with Crippen molar-refractivity contribution in [3.63, 3.8) is 0 Å². The normalized spacial score (nSPS) is 18.9. The molecule has 0 radical (unpaired) electrons. The predicted molar refractivity (Wildman–Crippen MR) is 111 cm³/mol. The quantitative estimate of drug-likeness (QED) is 0.469. The SMILES string of the molecule is O=C(O)N[C@H]1CC[C@@H](NC(=O)c2cc(F)cnc2Nc2cccc(I)c2)CC1. The molecule has 4 N–H and O–H groups in total. The van der Waals surface area contributed by atoms with Gasteiger partial charge in [0.05, 0.1) is 11.8 Å². The third-order valence-corrected chi connectivity index (χ3v) is 5.25. The van der Waals surface area contributed by atoms with E-state index in [1.165, 1.54) is 0 Å². The van der Waals surface area contributed by atoms with Gasteiger partial charge >= 0.3 is 6.09 Å². The number of carbonyl (C=O) groups is 2. The molecule has 7 nitrogen and oxygen atoms in total. The highest BCUT2D eigenvalue weighted by atomic mass is 127. The molecule has 1 aliphatic carbocycles. The Bertz CT molecular complexity index is 872. The summed E-state index contributed by atoms with van der Waals surface area (Å²) >= 11 is 2.18. The lowest BCUT2D eigenvalue weighted by molar-refractivity contribution is 0.0923. The molecule has 28 heavy (non-hydrogen) atoms. The Morgan fingerprint density at radius 1 is 1.11 bits per heavy atom. The molecule has 0 unspecified atom stereocenters.